The highest BCUT2D eigenvalue weighted by Gasteiger charge is 2.11. The number of carboxylic acids is 1. The summed E-state index contributed by atoms with van der Waals surface area (Å²) in [7, 11) is 0. The number of benzene rings is 1. The largest absolute Gasteiger partial charge is 0.478 e. The molecule has 20 heavy (non-hydrogen) atoms. The van der Waals surface area contributed by atoms with E-state index in [0.29, 0.717) is 12.1 Å². The van der Waals surface area contributed by atoms with Gasteiger partial charge in [-0.2, -0.15) is 0 Å². The van der Waals surface area contributed by atoms with E-state index in [2.05, 4.69) is 32.2 Å². The van der Waals surface area contributed by atoms with Crippen molar-refractivity contribution < 1.29 is 9.90 Å². The lowest BCUT2D eigenvalue weighted by molar-refractivity contribution is 0.0696. The molecule has 1 heterocycles. The van der Waals surface area contributed by atoms with Crippen LogP contribution < -0.4 is 5.32 Å². The molecule has 2 rings (SSSR count). The molecule has 0 aliphatic rings. The number of hydrogen-bond donors (Lipinski definition) is 2. The number of rotatable bonds is 5. The molecule has 3 nitrogen and oxygen atoms in total. The average molecular weight is 289 g/mol. The van der Waals surface area contributed by atoms with Crippen molar-refractivity contribution in [3.63, 3.8) is 0 Å². The summed E-state index contributed by atoms with van der Waals surface area (Å²) >= 11 is 1.81. The van der Waals surface area contributed by atoms with Crippen LogP contribution in [-0.2, 0) is 6.54 Å². The number of carbonyl (C=O) groups is 1. The predicted octanol–water partition coefficient (Wildman–Crippen LogP) is 3.91. The maximum absolute atomic E-state index is 10.9. The Hall–Kier alpha value is -1.65. The third kappa shape index (κ3) is 3.46. The fourth-order valence-electron chi connectivity index (χ4n) is 2.28. The quantitative estimate of drug-likeness (QED) is 0.877. The first-order valence-corrected chi connectivity index (χ1v) is 7.41. The molecule has 4 heteroatoms. The van der Waals surface area contributed by atoms with E-state index in [1.165, 1.54) is 15.3 Å². The van der Waals surface area contributed by atoms with E-state index in [9.17, 15) is 4.79 Å². The predicted molar refractivity (Wildman–Crippen MR) is 82.4 cm³/mol. The molecule has 0 aliphatic carbocycles. The van der Waals surface area contributed by atoms with E-state index in [1.54, 1.807) is 18.2 Å². The lowest BCUT2D eigenvalue weighted by Crippen LogP contribution is -2.18. The van der Waals surface area contributed by atoms with Crippen LogP contribution in [0.5, 0.6) is 0 Å². The van der Waals surface area contributed by atoms with Gasteiger partial charge >= 0.3 is 5.97 Å². The Morgan fingerprint density at radius 2 is 2.10 bits per heavy atom. The normalized spacial score (nSPS) is 12.3. The zero-order valence-electron chi connectivity index (χ0n) is 11.9. The molecule has 0 saturated heterocycles. The first kappa shape index (κ1) is 14.8. The van der Waals surface area contributed by atoms with Crippen LogP contribution in [0, 0.1) is 13.8 Å². The number of aromatic carboxylic acids is 1. The molecular formula is C16H19NO2S. The SMILES string of the molecule is Cc1cc(C(C)NCc2cccc(C(=O)O)c2)c(C)s1. The van der Waals surface area contributed by atoms with Crippen LogP contribution >= 0.6 is 11.3 Å². The van der Waals surface area contributed by atoms with Crippen LogP contribution in [-0.4, -0.2) is 11.1 Å². The van der Waals surface area contributed by atoms with Gasteiger partial charge in [0.15, 0.2) is 0 Å². The van der Waals surface area contributed by atoms with E-state index in [1.807, 2.05) is 17.4 Å². The summed E-state index contributed by atoms with van der Waals surface area (Å²) in [5.74, 6) is -0.885. The smallest absolute Gasteiger partial charge is 0.335 e. The number of nitrogens with one attached hydrogen (secondary N) is 1. The Bertz CT molecular complexity index is 619. The van der Waals surface area contributed by atoms with Crippen molar-refractivity contribution in [2.45, 2.75) is 33.4 Å². The van der Waals surface area contributed by atoms with Crippen molar-refractivity contribution in [2.75, 3.05) is 0 Å². The molecule has 106 valence electrons. The fourth-order valence-corrected chi connectivity index (χ4v) is 3.30. The van der Waals surface area contributed by atoms with Gasteiger partial charge in [-0.3, -0.25) is 0 Å². The van der Waals surface area contributed by atoms with Crippen molar-refractivity contribution in [1.29, 1.82) is 0 Å². The van der Waals surface area contributed by atoms with E-state index in [4.69, 9.17) is 5.11 Å². The van der Waals surface area contributed by atoms with Gasteiger partial charge in [-0.05, 0) is 50.1 Å². The van der Waals surface area contributed by atoms with Crippen molar-refractivity contribution in [3.8, 4) is 0 Å². The van der Waals surface area contributed by atoms with Gasteiger partial charge in [0.2, 0.25) is 0 Å². The van der Waals surface area contributed by atoms with E-state index in [-0.39, 0.29) is 6.04 Å². The summed E-state index contributed by atoms with van der Waals surface area (Å²) in [6.45, 7) is 7.05. The second-order valence-electron chi connectivity index (χ2n) is 4.98. The zero-order valence-corrected chi connectivity index (χ0v) is 12.8. The van der Waals surface area contributed by atoms with Crippen molar-refractivity contribution in [3.05, 3.63) is 56.8 Å². The summed E-state index contributed by atoms with van der Waals surface area (Å²) in [5.41, 5.74) is 2.64. The van der Waals surface area contributed by atoms with E-state index < -0.39 is 5.97 Å². The molecule has 2 N–H and O–H groups in total. The van der Waals surface area contributed by atoms with Crippen LogP contribution in [0.2, 0.25) is 0 Å². The summed E-state index contributed by atoms with van der Waals surface area (Å²) in [4.78, 5) is 13.6. The van der Waals surface area contributed by atoms with E-state index in [0.717, 1.165) is 5.56 Å². The molecular weight excluding hydrogens is 270 g/mol. The lowest BCUT2D eigenvalue weighted by Gasteiger charge is -2.14. The van der Waals surface area contributed by atoms with Crippen LogP contribution in [0.15, 0.2) is 30.3 Å². The second-order valence-corrected chi connectivity index (χ2v) is 6.44. The van der Waals surface area contributed by atoms with E-state index >= 15 is 0 Å². The van der Waals surface area contributed by atoms with Crippen LogP contribution in [0.3, 0.4) is 0 Å². The van der Waals surface area contributed by atoms with Gasteiger partial charge in [-0.15, -0.1) is 11.3 Å². The maximum Gasteiger partial charge on any atom is 0.335 e. The molecule has 1 atom stereocenters. The Kier molecular flexibility index (Phi) is 4.57. The minimum Gasteiger partial charge on any atom is -0.478 e. The number of thiophene rings is 1. The average Bonchev–Trinajstić information content (AvgIpc) is 2.75. The Morgan fingerprint density at radius 1 is 1.35 bits per heavy atom. The van der Waals surface area contributed by atoms with Crippen LogP contribution in [0.1, 0.15) is 44.2 Å². The summed E-state index contributed by atoms with van der Waals surface area (Å²) in [5, 5.41) is 12.4. The molecule has 0 amide bonds. The standard InChI is InChI=1S/C16H19NO2S/c1-10-7-15(12(3)20-10)11(2)17-9-13-5-4-6-14(8-13)16(18)19/h4-8,11,17H,9H2,1-3H3,(H,18,19). The summed E-state index contributed by atoms with van der Waals surface area (Å²) in [6.07, 6.45) is 0. The molecule has 1 unspecified atom stereocenters. The van der Waals surface area contributed by atoms with Gasteiger partial charge in [0, 0.05) is 22.3 Å². The Labute approximate surface area is 123 Å². The highest BCUT2D eigenvalue weighted by Crippen LogP contribution is 2.26. The van der Waals surface area contributed by atoms with Crippen molar-refractivity contribution in [2.24, 2.45) is 0 Å². The third-order valence-corrected chi connectivity index (χ3v) is 4.31. The second kappa shape index (κ2) is 6.20. The molecule has 0 bridgehead atoms. The Morgan fingerprint density at radius 3 is 2.70 bits per heavy atom. The van der Waals surface area contributed by atoms with Crippen molar-refractivity contribution in [1.82, 2.24) is 5.32 Å². The fraction of sp³-hybridized carbons (Fsp3) is 0.312. The number of aryl methyl sites for hydroxylation is 2. The number of hydrogen-bond acceptors (Lipinski definition) is 3. The molecule has 0 radical (unpaired) electrons. The molecule has 0 aliphatic heterocycles. The monoisotopic (exact) mass is 289 g/mol. The third-order valence-electron chi connectivity index (χ3n) is 3.33. The van der Waals surface area contributed by atoms with Gasteiger partial charge in [0.25, 0.3) is 0 Å². The highest BCUT2D eigenvalue weighted by atomic mass is 32.1. The van der Waals surface area contributed by atoms with Gasteiger partial charge in [0.05, 0.1) is 5.56 Å². The first-order valence-electron chi connectivity index (χ1n) is 6.60. The summed E-state index contributed by atoms with van der Waals surface area (Å²) < 4.78 is 0. The van der Waals surface area contributed by atoms with Gasteiger partial charge < -0.3 is 10.4 Å². The highest BCUT2D eigenvalue weighted by molar-refractivity contribution is 7.12. The number of carboxylic acid groups (broad SMARTS) is 1. The van der Waals surface area contributed by atoms with Gasteiger partial charge in [-0.25, -0.2) is 4.79 Å². The minimum atomic E-state index is -0.885. The maximum atomic E-state index is 10.9. The van der Waals surface area contributed by atoms with Crippen LogP contribution in [0.25, 0.3) is 0 Å². The first-order chi connectivity index (χ1) is 9.47. The summed E-state index contributed by atoms with van der Waals surface area (Å²) in [6, 6.07) is 9.53. The molecule has 0 fully saturated rings. The Balaban J connectivity index is 2.03. The lowest BCUT2D eigenvalue weighted by atomic mass is 10.1. The minimum absolute atomic E-state index is 0.258. The molecule has 2 aromatic rings. The molecule has 0 saturated carbocycles. The topological polar surface area (TPSA) is 49.3 Å². The molecule has 1 aromatic heterocycles. The van der Waals surface area contributed by atoms with Gasteiger partial charge in [-0.1, -0.05) is 12.1 Å². The molecule has 1 aromatic carbocycles. The molecule has 0 spiro atoms. The van der Waals surface area contributed by atoms with Crippen molar-refractivity contribution >= 4 is 17.3 Å². The zero-order chi connectivity index (χ0) is 14.7. The van der Waals surface area contributed by atoms with Gasteiger partial charge in [0.1, 0.15) is 0 Å². The van der Waals surface area contributed by atoms with Crippen LogP contribution in [0.4, 0.5) is 0 Å².